The number of ether oxygens (including phenoxy) is 1. The summed E-state index contributed by atoms with van der Waals surface area (Å²) in [4.78, 5) is 22.2. The molecule has 0 fully saturated rings. The molecule has 1 aliphatic carbocycles. The van der Waals surface area contributed by atoms with Crippen LogP contribution in [0, 0.1) is 11.8 Å². The molecule has 0 aromatic heterocycles. The van der Waals surface area contributed by atoms with Crippen molar-refractivity contribution < 1.29 is 24.5 Å². The van der Waals surface area contributed by atoms with Gasteiger partial charge in [0.1, 0.15) is 18.3 Å². The van der Waals surface area contributed by atoms with Crippen LogP contribution in [0.2, 0.25) is 0 Å². The van der Waals surface area contributed by atoms with Crippen molar-refractivity contribution in [2.24, 2.45) is 11.8 Å². The fourth-order valence-electron chi connectivity index (χ4n) is 2.88. The Morgan fingerprint density at radius 1 is 1.29 bits per heavy atom. The van der Waals surface area contributed by atoms with Crippen molar-refractivity contribution in [2.45, 2.75) is 6.42 Å². The van der Waals surface area contributed by atoms with Gasteiger partial charge in [-0.2, -0.15) is 0 Å². The Morgan fingerprint density at radius 3 is 2.58 bits per heavy atom. The third kappa shape index (κ3) is 4.00. The molecular weight excluding hydrogens is 308 g/mol. The highest BCUT2D eigenvalue weighted by molar-refractivity contribution is 5.83. The van der Waals surface area contributed by atoms with E-state index in [1.807, 2.05) is 0 Å². The summed E-state index contributed by atoms with van der Waals surface area (Å²) in [6.45, 7) is 3.73. The molecule has 5 nitrogen and oxygen atoms in total. The number of carbonyl (C=O) groups excluding carboxylic acids is 2. The molecule has 0 aliphatic heterocycles. The SMILES string of the molecule is C=C(C=O)C1CC(COC=Cc2ccc(O)cc2)C(CO)=C1C=O. The van der Waals surface area contributed by atoms with E-state index in [0.717, 1.165) is 5.56 Å². The number of hydrogen-bond acceptors (Lipinski definition) is 5. The molecule has 2 rings (SSSR count). The normalized spacial score (nSPS) is 20.4. The molecule has 2 atom stereocenters. The first kappa shape index (κ1) is 17.7. The van der Waals surface area contributed by atoms with E-state index in [4.69, 9.17) is 4.74 Å². The molecule has 5 heteroatoms. The van der Waals surface area contributed by atoms with Crippen molar-refractivity contribution in [1.82, 2.24) is 0 Å². The van der Waals surface area contributed by atoms with Gasteiger partial charge in [-0.3, -0.25) is 9.59 Å². The van der Waals surface area contributed by atoms with Gasteiger partial charge < -0.3 is 14.9 Å². The minimum Gasteiger partial charge on any atom is -0.508 e. The average Bonchev–Trinajstić information content (AvgIpc) is 2.97. The van der Waals surface area contributed by atoms with Crippen LogP contribution in [-0.2, 0) is 14.3 Å². The van der Waals surface area contributed by atoms with Crippen LogP contribution in [-0.4, -0.2) is 36.0 Å². The number of rotatable bonds is 8. The molecule has 1 aliphatic rings. The largest absolute Gasteiger partial charge is 0.508 e. The van der Waals surface area contributed by atoms with Crippen LogP contribution in [0.4, 0.5) is 0 Å². The lowest BCUT2D eigenvalue weighted by atomic mass is 9.93. The Balaban J connectivity index is 2.00. The number of phenols is 1. The molecule has 0 radical (unpaired) electrons. The van der Waals surface area contributed by atoms with Crippen LogP contribution in [0.1, 0.15) is 12.0 Å². The van der Waals surface area contributed by atoms with Gasteiger partial charge in [0, 0.05) is 17.4 Å². The number of allylic oxidation sites excluding steroid dienone is 2. The van der Waals surface area contributed by atoms with Gasteiger partial charge >= 0.3 is 0 Å². The number of benzene rings is 1. The van der Waals surface area contributed by atoms with Gasteiger partial charge in [0.05, 0.1) is 19.5 Å². The molecular formula is C19H20O5. The smallest absolute Gasteiger partial charge is 0.146 e. The molecule has 0 saturated carbocycles. The van der Waals surface area contributed by atoms with Gasteiger partial charge in [-0.15, -0.1) is 0 Å². The second-order valence-electron chi connectivity index (χ2n) is 5.66. The number of aromatic hydroxyl groups is 1. The lowest BCUT2D eigenvalue weighted by molar-refractivity contribution is -0.105. The number of aliphatic hydroxyl groups is 1. The number of hydrogen-bond donors (Lipinski definition) is 2. The van der Waals surface area contributed by atoms with E-state index in [2.05, 4.69) is 6.58 Å². The zero-order chi connectivity index (χ0) is 17.5. The maximum absolute atomic E-state index is 11.3. The predicted molar refractivity (Wildman–Crippen MR) is 90.1 cm³/mol. The van der Waals surface area contributed by atoms with E-state index in [1.54, 1.807) is 30.3 Å². The highest BCUT2D eigenvalue weighted by Gasteiger charge is 2.34. The van der Waals surface area contributed by atoms with Crippen LogP contribution in [0.5, 0.6) is 5.75 Å². The van der Waals surface area contributed by atoms with Crippen LogP contribution in [0.15, 0.2) is 53.8 Å². The van der Waals surface area contributed by atoms with Crippen LogP contribution in [0.25, 0.3) is 6.08 Å². The Kier molecular flexibility index (Phi) is 6.09. The number of aliphatic hydroxyl groups excluding tert-OH is 1. The van der Waals surface area contributed by atoms with Gasteiger partial charge in [-0.25, -0.2) is 0 Å². The summed E-state index contributed by atoms with van der Waals surface area (Å²) in [5.41, 5.74) is 2.25. The fraction of sp³-hybridized carbons (Fsp3) is 0.263. The van der Waals surface area contributed by atoms with Gasteiger partial charge in [0.25, 0.3) is 0 Å². The summed E-state index contributed by atoms with van der Waals surface area (Å²) < 4.78 is 5.52. The molecule has 1 aromatic rings. The Labute approximate surface area is 140 Å². The molecule has 2 N–H and O–H groups in total. The van der Waals surface area contributed by atoms with Gasteiger partial charge in [-0.05, 0) is 41.3 Å². The quantitative estimate of drug-likeness (QED) is 0.434. The summed E-state index contributed by atoms with van der Waals surface area (Å²) in [6, 6.07) is 6.65. The molecule has 1 aromatic carbocycles. The van der Waals surface area contributed by atoms with E-state index in [-0.39, 0.29) is 24.2 Å². The molecule has 0 spiro atoms. The highest BCUT2D eigenvalue weighted by atomic mass is 16.5. The minimum atomic E-state index is -0.350. The Morgan fingerprint density at radius 2 is 2.00 bits per heavy atom. The van der Waals surface area contributed by atoms with Gasteiger partial charge in [0.15, 0.2) is 0 Å². The van der Waals surface area contributed by atoms with Crippen molar-refractivity contribution >= 4 is 18.6 Å². The molecule has 24 heavy (non-hydrogen) atoms. The molecule has 0 bridgehead atoms. The summed E-state index contributed by atoms with van der Waals surface area (Å²) in [7, 11) is 0. The Hall–Kier alpha value is -2.66. The molecule has 0 saturated heterocycles. The first-order valence-corrected chi connectivity index (χ1v) is 7.60. The number of carbonyl (C=O) groups is 2. The third-order valence-corrected chi connectivity index (χ3v) is 4.20. The second kappa shape index (κ2) is 8.26. The average molecular weight is 328 g/mol. The van der Waals surface area contributed by atoms with Crippen molar-refractivity contribution in [2.75, 3.05) is 13.2 Å². The second-order valence-corrected chi connectivity index (χ2v) is 5.66. The van der Waals surface area contributed by atoms with E-state index in [9.17, 15) is 19.8 Å². The first-order valence-electron chi connectivity index (χ1n) is 7.60. The van der Waals surface area contributed by atoms with Gasteiger partial charge in [-0.1, -0.05) is 18.7 Å². The van der Waals surface area contributed by atoms with Crippen molar-refractivity contribution in [3.8, 4) is 5.75 Å². The van der Waals surface area contributed by atoms with Crippen molar-refractivity contribution in [3.05, 3.63) is 59.4 Å². The fourth-order valence-corrected chi connectivity index (χ4v) is 2.88. The highest BCUT2D eigenvalue weighted by Crippen LogP contribution is 2.39. The maximum Gasteiger partial charge on any atom is 0.146 e. The predicted octanol–water partition coefficient (Wildman–Crippen LogP) is 2.26. The Bertz CT molecular complexity index is 670. The van der Waals surface area contributed by atoms with Crippen LogP contribution < -0.4 is 0 Å². The van der Waals surface area contributed by atoms with E-state index < -0.39 is 0 Å². The van der Waals surface area contributed by atoms with Crippen molar-refractivity contribution in [3.63, 3.8) is 0 Å². The standard InChI is InChI=1S/C19H20O5/c1-13(9-20)17-8-15(18(10-21)19(17)11-22)12-24-7-6-14-2-4-16(23)5-3-14/h2-7,9,11,15,17,21,23H,1,8,10,12H2. The first-order chi connectivity index (χ1) is 11.6. The summed E-state index contributed by atoms with van der Waals surface area (Å²) in [5.74, 6) is -0.294. The molecule has 2 unspecified atom stereocenters. The summed E-state index contributed by atoms with van der Waals surface area (Å²) >= 11 is 0. The topological polar surface area (TPSA) is 83.8 Å². The zero-order valence-corrected chi connectivity index (χ0v) is 13.2. The van der Waals surface area contributed by atoms with Gasteiger partial charge in [0.2, 0.25) is 0 Å². The number of phenolic OH excluding ortho intramolecular Hbond substituents is 1. The molecule has 126 valence electrons. The van der Waals surface area contributed by atoms with E-state index in [0.29, 0.717) is 42.3 Å². The zero-order valence-electron chi connectivity index (χ0n) is 13.2. The van der Waals surface area contributed by atoms with Crippen molar-refractivity contribution in [1.29, 1.82) is 0 Å². The van der Waals surface area contributed by atoms with Crippen LogP contribution >= 0.6 is 0 Å². The monoisotopic (exact) mass is 328 g/mol. The lowest BCUT2D eigenvalue weighted by Crippen LogP contribution is -2.11. The van der Waals surface area contributed by atoms with Crippen LogP contribution in [0.3, 0.4) is 0 Å². The summed E-state index contributed by atoms with van der Waals surface area (Å²) in [6.07, 6.45) is 5.14. The number of aldehydes is 2. The van der Waals surface area contributed by atoms with E-state index in [1.165, 1.54) is 6.26 Å². The van der Waals surface area contributed by atoms with E-state index >= 15 is 0 Å². The maximum atomic E-state index is 11.3. The lowest BCUT2D eigenvalue weighted by Gasteiger charge is -2.13. The third-order valence-electron chi connectivity index (χ3n) is 4.20. The summed E-state index contributed by atoms with van der Waals surface area (Å²) in [5, 5.41) is 18.8. The minimum absolute atomic E-state index is 0.138. The molecule has 0 amide bonds. The molecule has 0 heterocycles.